The summed E-state index contributed by atoms with van der Waals surface area (Å²) in [6.07, 6.45) is 7.40. The Morgan fingerprint density at radius 3 is 3.06 bits per heavy atom. The van der Waals surface area contributed by atoms with Crippen molar-refractivity contribution >= 4 is 0 Å². The Morgan fingerprint density at radius 2 is 2.35 bits per heavy atom. The maximum absolute atomic E-state index is 4.48. The summed E-state index contributed by atoms with van der Waals surface area (Å²) in [7, 11) is 1.94. The van der Waals surface area contributed by atoms with Gasteiger partial charge in [-0.05, 0) is 25.5 Å². The van der Waals surface area contributed by atoms with Gasteiger partial charge in [0.25, 0.3) is 0 Å². The molecule has 0 bridgehead atoms. The van der Waals surface area contributed by atoms with Crippen LogP contribution >= 0.6 is 0 Å². The molecule has 3 heterocycles. The van der Waals surface area contributed by atoms with E-state index in [0.29, 0.717) is 6.04 Å². The van der Waals surface area contributed by atoms with Crippen LogP contribution in [0.5, 0.6) is 0 Å². The van der Waals surface area contributed by atoms with Gasteiger partial charge in [0.15, 0.2) is 0 Å². The van der Waals surface area contributed by atoms with Crippen LogP contribution in [0.1, 0.15) is 31.1 Å². The molecule has 1 atom stereocenters. The van der Waals surface area contributed by atoms with Crippen molar-refractivity contribution in [2.24, 2.45) is 7.05 Å². The highest BCUT2D eigenvalue weighted by molar-refractivity contribution is 5.53. The lowest BCUT2D eigenvalue weighted by Gasteiger charge is -2.21. The molecule has 90 valence electrons. The van der Waals surface area contributed by atoms with E-state index in [2.05, 4.69) is 20.4 Å². The Hall–Kier alpha value is -1.62. The molecule has 0 amide bonds. The van der Waals surface area contributed by atoms with Crippen molar-refractivity contribution in [2.75, 3.05) is 6.54 Å². The second-order valence-corrected chi connectivity index (χ2v) is 4.52. The average Bonchev–Trinajstić information content (AvgIpc) is 2.98. The second-order valence-electron chi connectivity index (χ2n) is 4.52. The minimum absolute atomic E-state index is 0.380. The summed E-state index contributed by atoms with van der Waals surface area (Å²) in [4.78, 5) is 7.87. The summed E-state index contributed by atoms with van der Waals surface area (Å²) in [6, 6.07) is 2.37. The van der Waals surface area contributed by atoms with Crippen molar-refractivity contribution in [1.82, 2.24) is 25.1 Å². The monoisotopic (exact) mass is 231 g/mol. The van der Waals surface area contributed by atoms with Crippen molar-refractivity contribution in [1.29, 1.82) is 0 Å². The number of rotatable bonds is 2. The zero-order chi connectivity index (χ0) is 11.7. The van der Waals surface area contributed by atoms with Crippen LogP contribution < -0.4 is 5.32 Å². The summed E-state index contributed by atoms with van der Waals surface area (Å²) in [6.45, 7) is 1.09. The van der Waals surface area contributed by atoms with Crippen LogP contribution in [0.15, 0.2) is 18.5 Å². The fourth-order valence-electron chi connectivity index (χ4n) is 2.37. The molecular formula is C12H17N5. The minimum atomic E-state index is 0.380. The fraction of sp³-hybridized carbons (Fsp3) is 0.500. The molecule has 0 radical (unpaired) electrons. The summed E-state index contributed by atoms with van der Waals surface area (Å²) in [5.41, 5.74) is 2.10. The van der Waals surface area contributed by atoms with Gasteiger partial charge in [0, 0.05) is 13.2 Å². The molecule has 0 spiro atoms. The van der Waals surface area contributed by atoms with Crippen LogP contribution in [0.25, 0.3) is 11.4 Å². The normalized spacial score (nSPS) is 20.6. The first-order chi connectivity index (χ1) is 8.34. The molecule has 5 heteroatoms. The SMILES string of the molecule is Cn1nccc1-c1cnc(C2CCCCN2)[nH]1. The van der Waals surface area contributed by atoms with E-state index in [-0.39, 0.29) is 0 Å². The Labute approximate surface area is 100 Å². The van der Waals surface area contributed by atoms with Crippen LogP contribution in [-0.4, -0.2) is 26.3 Å². The fourth-order valence-corrected chi connectivity index (χ4v) is 2.37. The van der Waals surface area contributed by atoms with Gasteiger partial charge in [-0.25, -0.2) is 4.98 Å². The van der Waals surface area contributed by atoms with E-state index in [1.807, 2.05) is 24.0 Å². The molecule has 17 heavy (non-hydrogen) atoms. The van der Waals surface area contributed by atoms with E-state index in [1.165, 1.54) is 19.3 Å². The maximum Gasteiger partial charge on any atom is 0.123 e. The van der Waals surface area contributed by atoms with Crippen LogP contribution in [0.4, 0.5) is 0 Å². The molecule has 0 aliphatic carbocycles. The molecule has 0 saturated carbocycles. The summed E-state index contributed by atoms with van der Waals surface area (Å²) >= 11 is 0. The van der Waals surface area contributed by atoms with Gasteiger partial charge < -0.3 is 10.3 Å². The molecule has 1 aliphatic rings. The molecule has 1 saturated heterocycles. The third kappa shape index (κ3) is 1.98. The number of aryl methyl sites for hydroxylation is 1. The maximum atomic E-state index is 4.48. The molecule has 2 N–H and O–H groups in total. The van der Waals surface area contributed by atoms with Crippen molar-refractivity contribution in [2.45, 2.75) is 25.3 Å². The van der Waals surface area contributed by atoms with Crippen molar-refractivity contribution in [3.63, 3.8) is 0 Å². The lowest BCUT2D eigenvalue weighted by molar-refractivity contribution is 0.399. The Morgan fingerprint density at radius 1 is 1.41 bits per heavy atom. The zero-order valence-electron chi connectivity index (χ0n) is 9.98. The number of imidazole rings is 1. The quantitative estimate of drug-likeness (QED) is 0.825. The number of aromatic nitrogens is 4. The smallest absolute Gasteiger partial charge is 0.123 e. The van der Waals surface area contributed by atoms with Crippen LogP contribution in [-0.2, 0) is 7.05 Å². The lowest BCUT2D eigenvalue weighted by Crippen LogP contribution is -2.27. The highest BCUT2D eigenvalue weighted by atomic mass is 15.3. The highest BCUT2D eigenvalue weighted by Gasteiger charge is 2.18. The summed E-state index contributed by atoms with van der Waals surface area (Å²) < 4.78 is 1.85. The minimum Gasteiger partial charge on any atom is -0.339 e. The molecule has 1 aliphatic heterocycles. The zero-order valence-corrected chi connectivity index (χ0v) is 9.98. The lowest BCUT2D eigenvalue weighted by atomic mass is 10.0. The van der Waals surface area contributed by atoms with Gasteiger partial charge in [-0.1, -0.05) is 6.42 Å². The molecule has 5 nitrogen and oxygen atoms in total. The predicted molar refractivity (Wildman–Crippen MR) is 65.4 cm³/mol. The highest BCUT2D eigenvalue weighted by Crippen LogP contribution is 2.23. The summed E-state index contributed by atoms with van der Waals surface area (Å²) in [5.74, 6) is 1.04. The molecule has 3 rings (SSSR count). The number of hydrogen-bond acceptors (Lipinski definition) is 3. The van der Waals surface area contributed by atoms with Gasteiger partial charge in [0.05, 0.1) is 23.6 Å². The number of hydrogen-bond donors (Lipinski definition) is 2. The van der Waals surface area contributed by atoms with E-state index in [4.69, 9.17) is 0 Å². The van der Waals surface area contributed by atoms with Gasteiger partial charge >= 0.3 is 0 Å². The van der Waals surface area contributed by atoms with Crippen molar-refractivity contribution in [3.05, 3.63) is 24.3 Å². The van der Waals surface area contributed by atoms with Gasteiger partial charge in [-0.15, -0.1) is 0 Å². The average molecular weight is 231 g/mol. The van der Waals surface area contributed by atoms with E-state index in [1.54, 1.807) is 6.20 Å². The number of H-pyrrole nitrogens is 1. The van der Waals surface area contributed by atoms with Gasteiger partial charge in [-0.2, -0.15) is 5.10 Å². The third-order valence-corrected chi connectivity index (χ3v) is 3.33. The summed E-state index contributed by atoms with van der Waals surface area (Å²) in [5, 5.41) is 7.66. The number of piperidine rings is 1. The van der Waals surface area contributed by atoms with Gasteiger partial charge in [0.2, 0.25) is 0 Å². The first-order valence-corrected chi connectivity index (χ1v) is 6.11. The molecular weight excluding hydrogens is 214 g/mol. The number of nitrogens with zero attached hydrogens (tertiary/aromatic N) is 3. The Balaban J connectivity index is 1.85. The third-order valence-electron chi connectivity index (χ3n) is 3.33. The van der Waals surface area contributed by atoms with Gasteiger partial charge in [-0.3, -0.25) is 4.68 Å². The first-order valence-electron chi connectivity index (χ1n) is 6.11. The largest absolute Gasteiger partial charge is 0.339 e. The van der Waals surface area contributed by atoms with Crippen molar-refractivity contribution in [3.8, 4) is 11.4 Å². The second kappa shape index (κ2) is 4.33. The standard InChI is InChI=1S/C12H17N5/c1-17-11(5-7-15-17)10-8-14-12(16-10)9-4-2-3-6-13-9/h5,7-9,13H,2-4,6H2,1H3,(H,14,16). The Bertz CT molecular complexity index is 492. The van der Waals surface area contributed by atoms with Crippen LogP contribution in [0, 0.1) is 0 Å². The molecule has 1 unspecified atom stereocenters. The number of aromatic amines is 1. The van der Waals surface area contributed by atoms with E-state index < -0.39 is 0 Å². The van der Waals surface area contributed by atoms with E-state index in [0.717, 1.165) is 23.8 Å². The van der Waals surface area contributed by atoms with Crippen molar-refractivity contribution < 1.29 is 0 Å². The molecule has 2 aromatic rings. The predicted octanol–water partition coefficient (Wildman–Crippen LogP) is 1.62. The molecule has 0 aromatic carbocycles. The van der Waals surface area contributed by atoms with E-state index in [9.17, 15) is 0 Å². The van der Waals surface area contributed by atoms with Crippen LogP contribution in [0.3, 0.4) is 0 Å². The van der Waals surface area contributed by atoms with Gasteiger partial charge in [0.1, 0.15) is 5.82 Å². The van der Waals surface area contributed by atoms with E-state index >= 15 is 0 Å². The van der Waals surface area contributed by atoms with Crippen LogP contribution in [0.2, 0.25) is 0 Å². The number of nitrogens with one attached hydrogen (secondary N) is 2. The first kappa shape index (κ1) is 10.5. The Kier molecular flexibility index (Phi) is 2.68. The molecule has 1 fully saturated rings. The molecule has 2 aromatic heterocycles. The topological polar surface area (TPSA) is 58.5 Å².